The van der Waals surface area contributed by atoms with Crippen molar-refractivity contribution in [3.05, 3.63) is 73.3 Å². The molecule has 1 aromatic heterocycles. The van der Waals surface area contributed by atoms with Gasteiger partial charge in [-0.3, -0.25) is 0 Å². The highest BCUT2D eigenvalue weighted by atomic mass is 32.4. The third-order valence-corrected chi connectivity index (χ3v) is 7.72. The van der Waals surface area contributed by atoms with Crippen LogP contribution in [0.4, 0.5) is 0 Å². The summed E-state index contributed by atoms with van der Waals surface area (Å²) in [6, 6.07) is 18.7. The summed E-state index contributed by atoms with van der Waals surface area (Å²) < 4.78 is 1.83. The van der Waals surface area contributed by atoms with Gasteiger partial charge in [0.25, 0.3) is 0 Å². The minimum absolute atomic E-state index is 0.691. The van der Waals surface area contributed by atoms with Crippen LogP contribution in [0.5, 0.6) is 0 Å². The highest BCUT2D eigenvalue weighted by molar-refractivity contribution is 8.21. The van der Waals surface area contributed by atoms with Gasteiger partial charge < -0.3 is 0 Å². The van der Waals surface area contributed by atoms with E-state index in [0.717, 1.165) is 0 Å². The third kappa shape index (κ3) is 2.58. The summed E-state index contributed by atoms with van der Waals surface area (Å²) in [7, 11) is 0. The van der Waals surface area contributed by atoms with E-state index in [1.807, 2.05) is 41.1 Å². The number of nitrogens with zero attached hydrogens (tertiary/aromatic N) is 3. The molecule has 0 fully saturated rings. The molecule has 0 spiro atoms. The fourth-order valence-electron chi connectivity index (χ4n) is 2.16. The zero-order valence-corrected chi connectivity index (χ0v) is 12.5. The van der Waals surface area contributed by atoms with Crippen molar-refractivity contribution in [3.8, 4) is 0 Å². The SMILES string of the molecule is S=P(Cn1cncn1)(c1ccccc1)c1ccccc1. The van der Waals surface area contributed by atoms with E-state index in [1.165, 1.54) is 10.6 Å². The second-order valence-corrected chi connectivity index (χ2v) is 9.15. The molecule has 5 heteroatoms. The number of rotatable bonds is 4. The lowest BCUT2D eigenvalue weighted by Gasteiger charge is -2.23. The second-order valence-electron chi connectivity index (χ2n) is 4.49. The maximum atomic E-state index is 6.11. The van der Waals surface area contributed by atoms with Crippen LogP contribution in [0, 0.1) is 0 Å². The lowest BCUT2D eigenvalue weighted by molar-refractivity contribution is 0.744. The Kier molecular flexibility index (Phi) is 3.77. The van der Waals surface area contributed by atoms with Gasteiger partial charge in [0, 0.05) is 6.04 Å². The van der Waals surface area contributed by atoms with Crippen molar-refractivity contribution in [2.45, 2.75) is 6.29 Å². The topological polar surface area (TPSA) is 30.7 Å². The molecule has 3 rings (SSSR count). The standard InChI is InChI=1S/C15H14N3PS/c20-19(13-18-12-16-11-17-18,14-7-3-1-4-8-14)15-9-5-2-6-10-15/h1-12H,13H2. The summed E-state index contributed by atoms with van der Waals surface area (Å²) in [6.45, 7) is 0. The van der Waals surface area contributed by atoms with Gasteiger partial charge in [0.2, 0.25) is 0 Å². The fourth-order valence-corrected chi connectivity index (χ4v) is 5.73. The van der Waals surface area contributed by atoms with Crippen LogP contribution in [0.3, 0.4) is 0 Å². The molecule has 0 bridgehead atoms. The first-order valence-electron chi connectivity index (χ1n) is 6.32. The summed E-state index contributed by atoms with van der Waals surface area (Å²) in [5.41, 5.74) is 0. The molecule has 3 aromatic rings. The molecule has 3 nitrogen and oxygen atoms in total. The molecule has 0 unspecified atom stereocenters. The predicted molar refractivity (Wildman–Crippen MR) is 86.5 cm³/mol. The summed E-state index contributed by atoms with van der Waals surface area (Å²) >= 11 is 6.11. The van der Waals surface area contributed by atoms with Crippen molar-refractivity contribution in [1.82, 2.24) is 14.8 Å². The number of hydrogen-bond acceptors (Lipinski definition) is 3. The number of benzene rings is 2. The van der Waals surface area contributed by atoms with Crippen LogP contribution in [0.2, 0.25) is 0 Å². The lowest BCUT2D eigenvalue weighted by atomic mass is 10.4. The zero-order valence-electron chi connectivity index (χ0n) is 10.8. The maximum Gasteiger partial charge on any atom is 0.137 e. The summed E-state index contributed by atoms with van der Waals surface area (Å²) in [5.74, 6) is 0. The minimum atomic E-state index is -1.92. The highest BCUT2D eigenvalue weighted by Crippen LogP contribution is 2.45. The molecule has 0 saturated carbocycles. The Morgan fingerprint density at radius 3 is 1.90 bits per heavy atom. The summed E-state index contributed by atoms with van der Waals surface area (Å²) in [4.78, 5) is 4.02. The van der Waals surface area contributed by atoms with E-state index in [9.17, 15) is 0 Å². The van der Waals surface area contributed by atoms with Gasteiger partial charge in [0.05, 0.1) is 6.29 Å². The Morgan fingerprint density at radius 2 is 1.45 bits per heavy atom. The Labute approximate surface area is 123 Å². The van der Waals surface area contributed by atoms with Crippen LogP contribution >= 0.6 is 6.04 Å². The molecule has 2 aromatic carbocycles. The molecule has 0 atom stereocenters. The van der Waals surface area contributed by atoms with Gasteiger partial charge in [-0.25, -0.2) is 9.67 Å². The van der Waals surface area contributed by atoms with Gasteiger partial charge in [0.15, 0.2) is 0 Å². The molecule has 20 heavy (non-hydrogen) atoms. The van der Waals surface area contributed by atoms with Crippen molar-refractivity contribution in [3.63, 3.8) is 0 Å². The second kappa shape index (κ2) is 5.70. The molecule has 100 valence electrons. The fraction of sp³-hybridized carbons (Fsp3) is 0.0667. The van der Waals surface area contributed by atoms with Crippen molar-refractivity contribution in [1.29, 1.82) is 0 Å². The van der Waals surface area contributed by atoms with E-state index in [-0.39, 0.29) is 0 Å². The smallest absolute Gasteiger partial charge is 0.137 e. The molecule has 0 aliphatic carbocycles. The molecule has 0 aliphatic rings. The zero-order chi connectivity index (χ0) is 13.8. The largest absolute Gasteiger partial charge is 0.247 e. The Morgan fingerprint density at radius 1 is 0.900 bits per heavy atom. The van der Waals surface area contributed by atoms with Crippen molar-refractivity contribution in [2.24, 2.45) is 0 Å². The molecular weight excluding hydrogens is 285 g/mol. The number of aromatic nitrogens is 3. The van der Waals surface area contributed by atoms with Gasteiger partial charge in [-0.15, -0.1) is 0 Å². The number of hydrogen-bond donors (Lipinski definition) is 0. The molecule has 0 saturated heterocycles. The van der Waals surface area contributed by atoms with Gasteiger partial charge in [0.1, 0.15) is 12.7 Å². The first kappa shape index (κ1) is 13.2. The molecule has 1 heterocycles. The average molecular weight is 299 g/mol. The summed E-state index contributed by atoms with van der Waals surface area (Å²) in [6.07, 6.45) is 3.97. The Balaban J connectivity index is 2.10. The average Bonchev–Trinajstić information content (AvgIpc) is 3.02. The van der Waals surface area contributed by atoms with E-state index in [4.69, 9.17) is 11.8 Å². The molecule has 0 amide bonds. The van der Waals surface area contributed by atoms with Gasteiger partial charge >= 0.3 is 0 Å². The van der Waals surface area contributed by atoms with Crippen LogP contribution in [-0.4, -0.2) is 14.8 Å². The monoisotopic (exact) mass is 299 g/mol. The first-order chi connectivity index (χ1) is 9.79. The van der Waals surface area contributed by atoms with E-state index >= 15 is 0 Å². The van der Waals surface area contributed by atoms with Crippen molar-refractivity contribution >= 4 is 28.5 Å². The van der Waals surface area contributed by atoms with E-state index in [0.29, 0.717) is 6.29 Å². The van der Waals surface area contributed by atoms with Crippen molar-refractivity contribution < 1.29 is 0 Å². The van der Waals surface area contributed by atoms with Crippen LogP contribution in [0.15, 0.2) is 73.3 Å². The third-order valence-electron chi connectivity index (χ3n) is 3.16. The van der Waals surface area contributed by atoms with Gasteiger partial charge in [-0.2, -0.15) is 5.10 Å². The van der Waals surface area contributed by atoms with E-state index < -0.39 is 6.04 Å². The van der Waals surface area contributed by atoms with Crippen LogP contribution in [0.1, 0.15) is 0 Å². The van der Waals surface area contributed by atoms with Gasteiger partial charge in [-0.1, -0.05) is 72.5 Å². The van der Waals surface area contributed by atoms with E-state index in [1.54, 1.807) is 12.7 Å². The van der Waals surface area contributed by atoms with Crippen molar-refractivity contribution in [2.75, 3.05) is 0 Å². The maximum absolute atomic E-state index is 6.11. The Bertz CT molecular complexity index is 668. The quantitative estimate of drug-likeness (QED) is 0.693. The minimum Gasteiger partial charge on any atom is -0.247 e. The van der Waals surface area contributed by atoms with Gasteiger partial charge in [-0.05, 0) is 10.6 Å². The molecular formula is C15H14N3PS. The molecule has 0 aliphatic heterocycles. The lowest BCUT2D eigenvalue weighted by Crippen LogP contribution is -2.19. The van der Waals surface area contributed by atoms with Crippen LogP contribution < -0.4 is 10.6 Å². The highest BCUT2D eigenvalue weighted by Gasteiger charge is 2.22. The van der Waals surface area contributed by atoms with Crippen LogP contribution in [0.25, 0.3) is 0 Å². The van der Waals surface area contributed by atoms with Crippen LogP contribution in [-0.2, 0) is 18.1 Å². The summed E-state index contributed by atoms with van der Waals surface area (Å²) in [5, 5.41) is 6.63. The first-order valence-corrected chi connectivity index (χ1v) is 9.30. The normalized spacial score (nSPS) is 11.4. The predicted octanol–water partition coefficient (Wildman–Crippen LogP) is 2.37. The van der Waals surface area contributed by atoms with E-state index in [2.05, 4.69) is 34.3 Å². The Hall–Kier alpha value is -1.77. The molecule has 0 radical (unpaired) electrons. The molecule has 0 N–H and O–H groups in total.